The highest BCUT2D eigenvalue weighted by molar-refractivity contribution is 6.34. The molecule has 4 aromatic rings. The molecule has 8 nitrogen and oxygen atoms in total. The van der Waals surface area contributed by atoms with Crippen molar-refractivity contribution in [2.45, 2.75) is 12.2 Å². The number of anilines is 1. The van der Waals surface area contributed by atoms with Crippen molar-refractivity contribution >= 4 is 39.9 Å². The van der Waals surface area contributed by atoms with E-state index >= 15 is 0 Å². The second-order valence-electron chi connectivity index (χ2n) is 7.31. The molecule has 0 saturated heterocycles. The number of alkyl halides is 3. The number of imidazole rings is 1. The summed E-state index contributed by atoms with van der Waals surface area (Å²) in [6.07, 6.45) is -0.401. The van der Waals surface area contributed by atoms with Gasteiger partial charge in [0.1, 0.15) is 29.4 Å². The number of pyridine rings is 1. The quantitative estimate of drug-likeness (QED) is 0.487. The number of amides is 1. The van der Waals surface area contributed by atoms with Crippen molar-refractivity contribution in [1.82, 2.24) is 24.3 Å². The summed E-state index contributed by atoms with van der Waals surface area (Å²) in [7, 11) is 1.53. The summed E-state index contributed by atoms with van der Waals surface area (Å²) in [5.74, 6) is -0.127. The fraction of sp³-hybridized carbons (Fsp3) is 0.200. The van der Waals surface area contributed by atoms with Gasteiger partial charge in [0.15, 0.2) is 0 Å². The van der Waals surface area contributed by atoms with Crippen LogP contribution in [0.25, 0.3) is 16.6 Å². The number of ether oxygens (including phenoxy) is 1. The SMILES string of the molecule is CN(C(=O)c1cc2c(cc1Cl)nc(N)c1cncn12)[C@@H]1COc2cc(C(F)(F)F)ncc21. The predicted octanol–water partition coefficient (Wildman–Crippen LogP) is 3.74. The molecule has 1 amide bonds. The summed E-state index contributed by atoms with van der Waals surface area (Å²) in [6.45, 7) is -0.00435. The Kier molecular flexibility index (Phi) is 4.41. The van der Waals surface area contributed by atoms with Crippen molar-refractivity contribution in [3.05, 3.63) is 58.8 Å². The zero-order valence-corrected chi connectivity index (χ0v) is 17.1. The van der Waals surface area contributed by atoms with E-state index in [0.717, 1.165) is 12.3 Å². The van der Waals surface area contributed by atoms with E-state index in [9.17, 15) is 18.0 Å². The fourth-order valence-corrected chi connectivity index (χ4v) is 3.99. The Morgan fingerprint density at radius 1 is 1.28 bits per heavy atom. The highest BCUT2D eigenvalue weighted by Crippen LogP contribution is 2.39. The van der Waals surface area contributed by atoms with Crippen LogP contribution in [0.1, 0.15) is 27.7 Å². The van der Waals surface area contributed by atoms with Crippen LogP contribution in [0.2, 0.25) is 5.02 Å². The third-order valence-electron chi connectivity index (χ3n) is 5.43. The Morgan fingerprint density at radius 2 is 2.06 bits per heavy atom. The number of nitrogens with zero attached hydrogens (tertiary/aromatic N) is 5. The van der Waals surface area contributed by atoms with Gasteiger partial charge in [-0.3, -0.25) is 14.2 Å². The summed E-state index contributed by atoms with van der Waals surface area (Å²) in [5.41, 5.74) is 7.11. The first kappa shape index (κ1) is 20.3. The van der Waals surface area contributed by atoms with Gasteiger partial charge in [0.25, 0.3) is 5.91 Å². The number of aromatic nitrogens is 4. The molecule has 0 spiro atoms. The number of carbonyl (C=O) groups is 1. The molecule has 1 aliphatic heterocycles. The molecule has 3 aromatic heterocycles. The molecule has 0 unspecified atom stereocenters. The van der Waals surface area contributed by atoms with E-state index in [2.05, 4.69) is 15.0 Å². The second-order valence-corrected chi connectivity index (χ2v) is 7.72. The summed E-state index contributed by atoms with van der Waals surface area (Å²) in [5, 5.41) is 0.158. The lowest BCUT2D eigenvalue weighted by atomic mass is 10.1. The topological polar surface area (TPSA) is 98.6 Å². The van der Waals surface area contributed by atoms with Gasteiger partial charge in [-0.1, -0.05) is 11.6 Å². The maximum Gasteiger partial charge on any atom is 0.433 e. The molecule has 1 aromatic carbocycles. The molecular formula is C20H14ClF3N6O2. The molecule has 4 heterocycles. The first-order valence-electron chi connectivity index (χ1n) is 9.33. The number of carbonyl (C=O) groups excluding carboxylic acids is 1. The summed E-state index contributed by atoms with van der Waals surface area (Å²) >= 11 is 6.38. The van der Waals surface area contributed by atoms with Crippen LogP contribution in [0.3, 0.4) is 0 Å². The zero-order valence-electron chi connectivity index (χ0n) is 16.4. The number of rotatable bonds is 2. The molecule has 1 aliphatic rings. The molecular weight excluding hydrogens is 449 g/mol. The lowest BCUT2D eigenvalue weighted by Crippen LogP contribution is -2.32. The maximum atomic E-state index is 13.3. The Balaban J connectivity index is 1.53. The predicted molar refractivity (Wildman–Crippen MR) is 109 cm³/mol. The van der Waals surface area contributed by atoms with E-state index in [1.54, 1.807) is 23.0 Å². The van der Waals surface area contributed by atoms with E-state index in [4.69, 9.17) is 22.1 Å². The largest absolute Gasteiger partial charge is 0.491 e. The Hall–Kier alpha value is -3.60. The molecule has 164 valence electrons. The highest BCUT2D eigenvalue weighted by atomic mass is 35.5. The number of hydrogen-bond donors (Lipinski definition) is 1. The molecule has 0 saturated carbocycles. The van der Waals surface area contributed by atoms with Gasteiger partial charge in [-0.25, -0.2) is 9.97 Å². The van der Waals surface area contributed by atoms with E-state index in [0.29, 0.717) is 22.1 Å². The smallest absolute Gasteiger partial charge is 0.433 e. The van der Waals surface area contributed by atoms with E-state index in [1.807, 2.05) is 0 Å². The van der Waals surface area contributed by atoms with Crippen molar-refractivity contribution in [2.24, 2.45) is 0 Å². The van der Waals surface area contributed by atoms with Gasteiger partial charge in [-0.05, 0) is 12.1 Å². The molecule has 1 atom stereocenters. The normalized spacial score (nSPS) is 15.7. The average Bonchev–Trinajstić information content (AvgIpc) is 3.39. The number of benzene rings is 1. The Morgan fingerprint density at radius 3 is 2.81 bits per heavy atom. The van der Waals surface area contributed by atoms with Crippen molar-refractivity contribution in [3.8, 4) is 5.75 Å². The summed E-state index contributed by atoms with van der Waals surface area (Å²) in [4.78, 5) is 26.5. The summed E-state index contributed by atoms with van der Waals surface area (Å²) < 4.78 is 45.9. The molecule has 0 radical (unpaired) electrons. The van der Waals surface area contributed by atoms with Crippen LogP contribution < -0.4 is 10.5 Å². The zero-order chi connectivity index (χ0) is 22.8. The fourth-order valence-electron chi connectivity index (χ4n) is 3.75. The first-order valence-corrected chi connectivity index (χ1v) is 9.71. The molecule has 12 heteroatoms. The minimum Gasteiger partial charge on any atom is -0.491 e. The molecule has 0 bridgehead atoms. The van der Waals surface area contributed by atoms with Gasteiger partial charge >= 0.3 is 6.18 Å². The highest BCUT2D eigenvalue weighted by Gasteiger charge is 2.37. The molecule has 0 aliphatic carbocycles. The number of nitrogen functional groups attached to an aromatic ring is 1. The minimum absolute atomic E-state index is 0.00435. The Bertz CT molecular complexity index is 1400. The lowest BCUT2D eigenvalue weighted by Gasteiger charge is -2.24. The molecule has 2 N–H and O–H groups in total. The van der Waals surface area contributed by atoms with Crippen molar-refractivity contribution in [2.75, 3.05) is 19.4 Å². The Labute approximate surface area is 183 Å². The van der Waals surface area contributed by atoms with Gasteiger partial charge in [-0.2, -0.15) is 13.2 Å². The van der Waals surface area contributed by atoms with Crippen LogP contribution in [0.15, 0.2) is 36.9 Å². The van der Waals surface area contributed by atoms with E-state index in [1.165, 1.54) is 18.0 Å². The number of fused-ring (bicyclic) bond motifs is 4. The van der Waals surface area contributed by atoms with Gasteiger partial charge in [0.05, 0.1) is 40.2 Å². The van der Waals surface area contributed by atoms with E-state index in [-0.39, 0.29) is 28.8 Å². The monoisotopic (exact) mass is 462 g/mol. The summed E-state index contributed by atoms with van der Waals surface area (Å²) in [6, 6.07) is 3.32. The second kappa shape index (κ2) is 6.95. The van der Waals surface area contributed by atoms with Gasteiger partial charge in [0, 0.05) is 24.9 Å². The van der Waals surface area contributed by atoms with Crippen LogP contribution >= 0.6 is 11.6 Å². The first-order chi connectivity index (χ1) is 15.1. The van der Waals surface area contributed by atoms with Gasteiger partial charge < -0.3 is 15.4 Å². The van der Waals surface area contributed by atoms with E-state index < -0.39 is 23.8 Å². The molecule has 0 fully saturated rings. The lowest BCUT2D eigenvalue weighted by molar-refractivity contribution is -0.141. The maximum absolute atomic E-state index is 13.3. The van der Waals surface area contributed by atoms with Crippen molar-refractivity contribution in [3.63, 3.8) is 0 Å². The van der Waals surface area contributed by atoms with Crippen LogP contribution in [-0.2, 0) is 6.18 Å². The molecule has 5 rings (SSSR count). The van der Waals surface area contributed by atoms with Crippen molar-refractivity contribution in [1.29, 1.82) is 0 Å². The van der Waals surface area contributed by atoms with Crippen molar-refractivity contribution < 1.29 is 22.7 Å². The number of likely N-dealkylation sites (N-methyl/N-ethyl adjacent to an activating group) is 1. The standard InChI is InChI=1S/C20H14ClF3N6O2/c1-29(15-7-32-16-4-17(20(22,23)24)27-5-10(15)16)19(31)9-2-13-12(3-11(9)21)28-18(25)14-6-26-8-30(13)14/h2-6,8,15H,7H2,1H3,(H2,25,28)/t15-/m1/s1. The minimum atomic E-state index is -4.59. The molecule has 32 heavy (non-hydrogen) atoms. The number of nitrogens with two attached hydrogens (primary N) is 1. The van der Waals surface area contributed by atoms with Gasteiger partial charge in [-0.15, -0.1) is 0 Å². The third kappa shape index (κ3) is 3.08. The van der Waals surface area contributed by atoms with Gasteiger partial charge in [0.2, 0.25) is 0 Å². The third-order valence-corrected chi connectivity index (χ3v) is 5.74. The van der Waals surface area contributed by atoms with Crippen LogP contribution in [0.5, 0.6) is 5.75 Å². The number of hydrogen-bond acceptors (Lipinski definition) is 6. The average molecular weight is 463 g/mol. The van der Waals surface area contributed by atoms with Crippen LogP contribution in [0, 0.1) is 0 Å². The van der Waals surface area contributed by atoms with Crippen LogP contribution in [0.4, 0.5) is 19.0 Å². The van der Waals surface area contributed by atoms with Crippen LogP contribution in [-0.4, -0.2) is 43.8 Å². The number of halogens is 4.